The van der Waals surface area contributed by atoms with Crippen LogP contribution in [0, 0.1) is 12.7 Å². The third-order valence-electron chi connectivity index (χ3n) is 3.51. The van der Waals surface area contributed by atoms with E-state index >= 15 is 0 Å². The second-order valence-electron chi connectivity index (χ2n) is 5.37. The van der Waals surface area contributed by atoms with Crippen molar-refractivity contribution in [2.45, 2.75) is 30.7 Å². The van der Waals surface area contributed by atoms with Crippen LogP contribution in [-0.2, 0) is 10.0 Å². The summed E-state index contributed by atoms with van der Waals surface area (Å²) in [5, 5.41) is 0. The van der Waals surface area contributed by atoms with Crippen LogP contribution in [0.2, 0.25) is 0 Å². The molecule has 2 rings (SSSR count). The van der Waals surface area contributed by atoms with Gasteiger partial charge in [0.1, 0.15) is 5.82 Å². The molecule has 0 spiro atoms. The lowest BCUT2D eigenvalue weighted by Crippen LogP contribution is -2.46. The molecule has 20 heavy (non-hydrogen) atoms. The number of nitrogen functional groups attached to an aromatic ring is 1. The Balaban J connectivity index is 2.22. The van der Waals surface area contributed by atoms with Crippen molar-refractivity contribution >= 4 is 15.7 Å². The number of likely N-dealkylation sites (N-methyl/N-ethyl adjacent to an activating group) is 1. The molecule has 0 amide bonds. The molecule has 3 N–H and O–H groups in total. The summed E-state index contributed by atoms with van der Waals surface area (Å²) in [6.07, 6.45) is 1.76. The van der Waals surface area contributed by atoms with E-state index in [1.807, 2.05) is 7.05 Å². The first kappa shape index (κ1) is 15.2. The molecule has 0 aromatic heterocycles. The van der Waals surface area contributed by atoms with Gasteiger partial charge in [-0.25, -0.2) is 17.5 Å². The van der Waals surface area contributed by atoms with E-state index in [1.165, 1.54) is 13.0 Å². The van der Waals surface area contributed by atoms with Crippen LogP contribution in [0.5, 0.6) is 0 Å². The fourth-order valence-electron chi connectivity index (χ4n) is 2.47. The summed E-state index contributed by atoms with van der Waals surface area (Å²) >= 11 is 0. The van der Waals surface area contributed by atoms with Crippen LogP contribution in [0.25, 0.3) is 0 Å². The highest BCUT2D eigenvalue weighted by atomic mass is 32.2. The summed E-state index contributed by atoms with van der Waals surface area (Å²) in [5.41, 5.74) is 5.58. The fraction of sp³-hybridized carbons (Fsp3) is 0.538. The van der Waals surface area contributed by atoms with E-state index in [0.29, 0.717) is 6.54 Å². The number of nitrogens with one attached hydrogen (secondary N) is 1. The van der Waals surface area contributed by atoms with Crippen LogP contribution in [0.3, 0.4) is 0 Å². The number of hydrogen-bond acceptors (Lipinski definition) is 4. The molecule has 1 aliphatic heterocycles. The van der Waals surface area contributed by atoms with Gasteiger partial charge in [-0.2, -0.15) is 0 Å². The van der Waals surface area contributed by atoms with Crippen LogP contribution in [0.4, 0.5) is 10.1 Å². The van der Waals surface area contributed by atoms with E-state index in [2.05, 4.69) is 9.62 Å². The summed E-state index contributed by atoms with van der Waals surface area (Å²) in [4.78, 5) is 2.10. The number of likely N-dealkylation sites (tertiary alicyclic amines) is 1. The second kappa shape index (κ2) is 5.67. The predicted octanol–water partition coefficient (Wildman–Crippen LogP) is 1.09. The van der Waals surface area contributed by atoms with Gasteiger partial charge in [-0.15, -0.1) is 0 Å². The molecule has 112 valence electrons. The molecular weight excluding hydrogens is 281 g/mol. The van der Waals surface area contributed by atoms with Crippen molar-refractivity contribution in [3.8, 4) is 0 Å². The molecule has 1 aromatic rings. The lowest BCUT2D eigenvalue weighted by atomic mass is 10.1. The maximum atomic E-state index is 13.5. The summed E-state index contributed by atoms with van der Waals surface area (Å²) < 4.78 is 40.8. The number of sulfonamides is 1. The van der Waals surface area contributed by atoms with Crippen LogP contribution < -0.4 is 10.5 Å². The Kier molecular flexibility index (Phi) is 4.31. The lowest BCUT2D eigenvalue weighted by Gasteiger charge is -2.30. The summed E-state index contributed by atoms with van der Waals surface area (Å²) in [5.74, 6) is -0.568. The minimum absolute atomic E-state index is 0.0159. The molecule has 1 atom stereocenters. The van der Waals surface area contributed by atoms with E-state index in [0.717, 1.165) is 25.5 Å². The summed E-state index contributed by atoms with van der Waals surface area (Å²) in [6, 6.07) is 2.35. The number of benzene rings is 1. The molecule has 7 heteroatoms. The van der Waals surface area contributed by atoms with Gasteiger partial charge in [-0.05, 0) is 51.1 Å². The molecule has 0 aliphatic carbocycles. The normalized spacial score (nSPS) is 21.1. The molecule has 5 nitrogen and oxygen atoms in total. The quantitative estimate of drug-likeness (QED) is 0.820. The van der Waals surface area contributed by atoms with Crippen molar-refractivity contribution in [3.63, 3.8) is 0 Å². The van der Waals surface area contributed by atoms with E-state index < -0.39 is 15.8 Å². The predicted molar refractivity (Wildman–Crippen MR) is 76.4 cm³/mol. The summed E-state index contributed by atoms with van der Waals surface area (Å²) in [6.45, 7) is 3.15. The fourth-order valence-corrected chi connectivity index (χ4v) is 3.85. The number of rotatable bonds is 3. The molecule has 0 radical (unpaired) electrons. The topological polar surface area (TPSA) is 75.4 Å². The van der Waals surface area contributed by atoms with Gasteiger partial charge >= 0.3 is 0 Å². The SMILES string of the molecule is Cc1cc(S(=O)(=O)NC2CCCN(C)C2)cc(N)c1F. The standard InChI is InChI=1S/C13H20FN3O2S/c1-9-6-11(7-12(15)13(9)14)20(18,19)16-10-4-3-5-17(2)8-10/h6-7,10,16H,3-5,8,15H2,1-2H3. The largest absolute Gasteiger partial charge is 0.396 e. The third-order valence-corrected chi connectivity index (χ3v) is 5.01. The highest BCUT2D eigenvalue weighted by Gasteiger charge is 2.24. The Hall–Kier alpha value is -1.18. The Morgan fingerprint density at radius 2 is 2.15 bits per heavy atom. The van der Waals surface area contributed by atoms with Gasteiger partial charge in [-0.1, -0.05) is 0 Å². The minimum atomic E-state index is -3.67. The Morgan fingerprint density at radius 3 is 2.75 bits per heavy atom. The molecule has 1 aliphatic rings. The van der Waals surface area contributed by atoms with Gasteiger partial charge < -0.3 is 10.6 Å². The highest BCUT2D eigenvalue weighted by molar-refractivity contribution is 7.89. The van der Waals surface area contributed by atoms with Crippen LogP contribution in [0.15, 0.2) is 17.0 Å². The zero-order valence-corrected chi connectivity index (χ0v) is 12.5. The van der Waals surface area contributed by atoms with Crippen molar-refractivity contribution < 1.29 is 12.8 Å². The van der Waals surface area contributed by atoms with Crippen LogP contribution >= 0.6 is 0 Å². The maximum absolute atomic E-state index is 13.5. The van der Waals surface area contributed by atoms with Gasteiger partial charge in [-0.3, -0.25) is 0 Å². The lowest BCUT2D eigenvalue weighted by molar-refractivity contribution is 0.242. The number of piperidine rings is 1. The number of aryl methyl sites for hydroxylation is 1. The van der Waals surface area contributed by atoms with Gasteiger partial charge in [0.05, 0.1) is 10.6 Å². The van der Waals surface area contributed by atoms with Crippen LogP contribution in [-0.4, -0.2) is 39.5 Å². The van der Waals surface area contributed by atoms with Crippen molar-refractivity contribution in [1.82, 2.24) is 9.62 Å². The molecule has 1 heterocycles. The Morgan fingerprint density at radius 1 is 1.45 bits per heavy atom. The van der Waals surface area contributed by atoms with Crippen LogP contribution in [0.1, 0.15) is 18.4 Å². The smallest absolute Gasteiger partial charge is 0.240 e. The first-order chi connectivity index (χ1) is 9.29. The number of hydrogen-bond donors (Lipinski definition) is 2. The first-order valence-electron chi connectivity index (χ1n) is 6.56. The summed E-state index contributed by atoms with van der Waals surface area (Å²) in [7, 11) is -1.71. The number of nitrogens with zero attached hydrogens (tertiary/aromatic N) is 1. The molecule has 1 saturated heterocycles. The Bertz CT molecular complexity index is 581. The molecule has 0 saturated carbocycles. The van der Waals surface area contributed by atoms with E-state index in [-0.39, 0.29) is 22.2 Å². The van der Waals surface area contributed by atoms with Gasteiger partial charge in [0, 0.05) is 12.6 Å². The molecule has 1 unspecified atom stereocenters. The minimum Gasteiger partial charge on any atom is -0.396 e. The molecular formula is C13H20FN3O2S. The third kappa shape index (κ3) is 3.28. The molecule has 1 aromatic carbocycles. The van der Waals surface area contributed by atoms with E-state index in [4.69, 9.17) is 5.73 Å². The van der Waals surface area contributed by atoms with E-state index in [1.54, 1.807) is 0 Å². The number of anilines is 1. The Labute approximate surface area is 119 Å². The average molecular weight is 301 g/mol. The highest BCUT2D eigenvalue weighted by Crippen LogP contribution is 2.21. The second-order valence-corrected chi connectivity index (χ2v) is 7.08. The van der Waals surface area contributed by atoms with E-state index in [9.17, 15) is 12.8 Å². The molecule has 0 bridgehead atoms. The van der Waals surface area contributed by atoms with Crippen molar-refractivity contribution in [2.75, 3.05) is 25.9 Å². The zero-order chi connectivity index (χ0) is 14.9. The first-order valence-corrected chi connectivity index (χ1v) is 8.04. The maximum Gasteiger partial charge on any atom is 0.240 e. The van der Waals surface area contributed by atoms with Gasteiger partial charge in [0.25, 0.3) is 0 Å². The van der Waals surface area contributed by atoms with Crippen molar-refractivity contribution in [1.29, 1.82) is 0 Å². The zero-order valence-electron chi connectivity index (χ0n) is 11.7. The number of halogens is 1. The van der Waals surface area contributed by atoms with Crippen molar-refractivity contribution in [3.05, 3.63) is 23.5 Å². The van der Waals surface area contributed by atoms with Gasteiger partial charge in [0.15, 0.2) is 0 Å². The van der Waals surface area contributed by atoms with Gasteiger partial charge in [0.2, 0.25) is 10.0 Å². The average Bonchev–Trinajstić information content (AvgIpc) is 2.34. The number of nitrogens with two attached hydrogens (primary N) is 1. The monoisotopic (exact) mass is 301 g/mol. The van der Waals surface area contributed by atoms with Crippen molar-refractivity contribution in [2.24, 2.45) is 0 Å². The molecule has 1 fully saturated rings.